The van der Waals surface area contributed by atoms with Crippen LogP contribution in [0.1, 0.15) is 24.8 Å². The summed E-state index contributed by atoms with van der Waals surface area (Å²) < 4.78 is 5.53. The first kappa shape index (κ1) is 12.6. The highest BCUT2D eigenvalue weighted by molar-refractivity contribution is 5.72. The lowest BCUT2D eigenvalue weighted by Crippen LogP contribution is -2.44. The monoisotopic (exact) mass is 261 g/mol. The first-order chi connectivity index (χ1) is 9.20. The van der Waals surface area contributed by atoms with Crippen molar-refractivity contribution in [2.45, 2.75) is 50.0 Å². The van der Waals surface area contributed by atoms with Gasteiger partial charge in [0.25, 0.3) is 0 Å². The van der Waals surface area contributed by atoms with E-state index in [4.69, 9.17) is 4.74 Å². The van der Waals surface area contributed by atoms with Gasteiger partial charge < -0.3 is 15.2 Å². The molecule has 2 saturated heterocycles. The Labute approximate surface area is 112 Å². The number of nitrogens with one attached hydrogen (secondary N) is 1. The third-order valence-electron chi connectivity index (χ3n) is 3.99. The van der Waals surface area contributed by atoms with Crippen molar-refractivity contribution >= 4 is 5.97 Å². The first-order valence-corrected chi connectivity index (χ1v) is 6.88. The van der Waals surface area contributed by atoms with E-state index in [2.05, 4.69) is 5.32 Å². The van der Waals surface area contributed by atoms with Crippen molar-refractivity contribution in [2.24, 2.45) is 0 Å². The van der Waals surface area contributed by atoms with E-state index in [1.54, 1.807) is 0 Å². The number of piperidine rings is 1. The van der Waals surface area contributed by atoms with Crippen LogP contribution in [0.5, 0.6) is 0 Å². The van der Waals surface area contributed by atoms with Gasteiger partial charge in [-0.2, -0.15) is 0 Å². The van der Waals surface area contributed by atoms with Crippen LogP contribution in [0.15, 0.2) is 30.3 Å². The summed E-state index contributed by atoms with van der Waals surface area (Å²) in [6.07, 6.45) is 2.29. The van der Waals surface area contributed by atoms with Crippen molar-refractivity contribution in [1.29, 1.82) is 0 Å². The molecule has 2 fully saturated rings. The van der Waals surface area contributed by atoms with E-state index in [9.17, 15) is 9.90 Å². The Bertz CT molecular complexity index is 446. The minimum absolute atomic E-state index is 0.0513. The maximum atomic E-state index is 11.9. The first-order valence-electron chi connectivity index (χ1n) is 6.88. The van der Waals surface area contributed by atoms with Gasteiger partial charge >= 0.3 is 5.97 Å². The molecule has 0 aliphatic carbocycles. The number of rotatable bonds is 3. The van der Waals surface area contributed by atoms with Gasteiger partial charge in [0.15, 0.2) is 0 Å². The van der Waals surface area contributed by atoms with E-state index < -0.39 is 0 Å². The van der Waals surface area contributed by atoms with E-state index in [1.807, 2.05) is 30.3 Å². The summed E-state index contributed by atoms with van der Waals surface area (Å²) in [5.41, 5.74) is 0.976. The summed E-state index contributed by atoms with van der Waals surface area (Å²) in [6.45, 7) is 0. The molecule has 0 amide bonds. The average Bonchev–Trinajstić information content (AvgIpc) is 2.64. The summed E-state index contributed by atoms with van der Waals surface area (Å²) >= 11 is 0. The molecule has 1 aromatic rings. The van der Waals surface area contributed by atoms with E-state index in [0.29, 0.717) is 12.5 Å². The predicted octanol–water partition coefficient (Wildman–Crippen LogP) is 1.03. The lowest BCUT2D eigenvalue weighted by Gasteiger charge is -2.29. The smallest absolute Gasteiger partial charge is 0.310 e. The van der Waals surface area contributed by atoms with Crippen molar-refractivity contribution in [3.8, 4) is 0 Å². The summed E-state index contributed by atoms with van der Waals surface area (Å²) in [5.74, 6) is -0.174. The van der Waals surface area contributed by atoms with Gasteiger partial charge in [0, 0.05) is 18.5 Å². The van der Waals surface area contributed by atoms with Crippen LogP contribution in [0, 0.1) is 0 Å². The third kappa shape index (κ3) is 2.96. The fourth-order valence-corrected chi connectivity index (χ4v) is 3.11. The molecule has 4 atom stereocenters. The Morgan fingerprint density at radius 1 is 1.26 bits per heavy atom. The number of hydrogen-bond acceptors (Lipinski definition) is 4. The van der Waals surface area contributed by atoms with Gasteiger partial charge in [0.2, 0.25) is 0 Å². The van der Waals surface area contributed by atoms with Crippen LogP contribution in [-0.4, -0.2) is 35.4 Å². The molecule has 0 spiro atoms. The Balaban J connectivity index is 1.53. The second-order valence-electron chi connectivity index (χ2n) is 5.52. The Morgan fingerprint density at radius 3 is 2.79 bits per heavy atom. The number of aliphatic hydroxyl groups is 1. The van der Waals surface area contributed by atoms with Gasteiger partial charge in [-0.1, -0.05) is 30.3 Å². The molecule has 3 rings (SSSR count). The normalized spacial score (nSPS) is 33.1. The number of benzene rings is 1. The molecule has 2 aliphatic rings. The fraction of sp³-hybridized carbons (Fsp3) is 0.533. The van der Waals surface area contributed by atoms with Gasteiger partial charge in [-0.15, -0.1) is 0 Å². The second kappa shape index (κ2) is 5.31. The molecular weight excluding hydrogens is 242 g/mol. The van der Waals surface area contributed by atoms with Crippen LogP contribution >= 0.6 is 0 Å². The number of fused-ring (bicyclic) bond motifs is 2. The van der Waals surface area contributed by atoms with Crippen molar-refractivity contribution in [3.05, 3.63) is 35.9 Å². The number of ether oxygens (including phenoxy) is 1. The summed E-state index contributed by atoms with van der Waals surface area (Å²) in [6, 6.07) is 10.0. The molecule has 2 heterocycles. The van der Waals surface area contributed by atoms with Gasteiger partial charge in [-0.25, -0.2) is 0 Å². The summed E-state index contributed by atoms with van der Waals surface area (Å²) in [7, 11) is 0. The van der Waals surface area contributed by atoms with Crippen molar-refractivity contribution < 1.29 is 14.6 Å². The molecule has 102 valence electrons. The van der Waals surface area contributed by atoms with Crippen molar-refractivity contribution in [1.82, 2.24) is 5.32 Å². The standard InChI is InChI=1S/C15H19NO3/c17-14-8-11-7-12(9-13(14)16-11)19-15(18)6-10-4-2-1-3-5-10/h1-5,11-14,16-17H,6-9H2. The quantitative estimate of drug-likeness (QED) is 0.798. The zero-order valence-corrected chi connectivity index (χ0v) is 10.8. The topological polar surface area (TPSA) is 58.6 Å². The van der Waals surface area contributed by atoms with Crippen LogP contribution in [0.2, 0.25) is 0 Å². The molecule has 2 N–H and O–H groups in total. The molecule has 0 saturated carbocycles. The maximum Gasteiger partial charge on any atom is 0.310 e. The number of carbonyl (C=O) groups excluding carboxylic acids is 1. The molecule has 1 aromatic carbocycles. The van der Waals surface area contributed by atoms with Crippen LogP contribution in [0.25, 0.3) is 0 Å². The molecule has 4 heteroatoms. The van der Waals surface area contributed by atoms with E-state index >= 15 is 0 Å². The van der Waals surface area contributed by atoms with Crippen LogP contribution in [0.3, 0.4) is 0 Å². The number of aliphatic hydroxyl groups excluding tert-OH is 1. The molecule has 0 aromatic heterocycles. The van der Waals surface area contributed by atoms with Gasteiger partial charge in [-0.05, 0) is 18.4 Å². The minimum atomic E-state index is -0.289. The van der Waals surface area contributed by atoms with Crippen molar-refractivity contribution in [3.63, 3.8) is 0 Å². The Kier molecular flexibility index (Phi) is 3.53. The lowest BCUT2D eigenvalue weighted by atomic mass is 10.0. The summed E-state index contributed by atoms with van der Waals surface area (Å²) in [5, 5.41) is 13.1. The molecule has 2 aliphatic heterocycles. The van der Waals surface area contributed by atoms with E-state index in [1.165, 1.54) is 0 Å². The molecule has 19 heavy (non-hydrogen) atoms. The molecular formula is C15H19NO3. The summed E-state index contributed by atoms with van der Waals surface area (Å²) in [4.78, 5) is 11.9. The van der Waals surface area contributed by atoms with E-state index in [-0.39, 0.29) is 24.2 Å². The highest BCUT2D eigenvalue weighted by Crippen LogP contribution is 2.29. The molecule has 0 radical (unpaired) electrons. The Hall–Kier alpha value is -1.39. The van der Waals surface area contributed by atoms with E-state index in [0.717, 1.165) is 24.8 Å². The number of carbonyl (C=O) groups is 1. The van der Waals surface area contributed by atoms with Crippen molar-refractivity contribution in [2.75, 3.05) is 0 Å². The fourth-order valence-electron chi connectivity index (χ4n) is 3.11. The number of hydrogen-bond donors (Lipinski definition) is 2. The van der Waals surface area contributed by atoms with Crippen LogP contribution in [0.4, 0.5) is 0 Å². The highest BCUT2D eigenvalue weighted by Gasteiger charge is 2.40. The molecule has 2 bridgehead atoms. The Morgan fingerprint density at radius 2 is 2.05 bits per heavy atom. The van der Waals surface area contributed by atoms with Gasteiger partial charge in [0.1, 0.15) is 6.10 Å². The maximum absolute atomic E-state index is 11.9. The predicted molar refractivity (Wildman–Crippen MR) is 70.6 cm³/mol. The molecule has 4 nitrogen and oxygen atoms in total. The highest BCUT2D eigenvalue weighted by atomic mass is 16.5. The zero-order chi connectivity index (χ0) is 13.2. The van der Waals surface area contributed by atoms with Crippen LogP contribution < -0.4 is 5.32 Å². The molecule has 4 unspecified atom stereocenters. The van der Waals surface area contributed by atoms with Gasteiger partial charge in [0.05, 0.1) is 12.5 Å². The SMILES string of the molecule is O=C(Cc1ccccc1)OC1CC2CC(O)C(C1)N2. The lowest BCUT2D eigenvalue weighted by molar-refractivity contribution is -0.150. The zero-order valence-electron chi connectivity index (χ0n) is 10.8. The largest absolute Gasteiger partial charge is 0.462 e. The third-order valence-corrected chi connectivity index (χ3v) is 3.99. The van der Waals surface area contributed by atoms with Gasteiger partial charge in [-0.3, -0.25) is 4.79 Å². The number of esters is 1. The minimum Gasteiger partial charge on any atom is -0.462 e. The second-order valence-corrected chi connectivity index (χ2v) is 5.52. The average molecular weight is 261 g/mol. The van der Waals surface area contributed by atoms with Crippen LogP contribution in [-0.2, 0) is 16.0 Å².